The number of carbonyl (C=O) groups excluding carboxylic acids is 3. The number of ketones is 2. The zero-order chi connectivity index (χ0) is 25.8. The van der Waals surface area contributed by atoms with Gasteiger partial charge in [-0.2, -0.15) is 0 Å². The number of halogens is 1. The number of nitrogens with two attached hydrogens (primary N) is 2. The fourth-order valence-corrected chi connectivity index (χ4v) is 6.85. The highest BCUT2D eigenvalue weighted by molar-refractivity contribution is 6.24. The number of aromatic hydroxyl groups is 1. The summed E-state index contributed by atoms with van der Waals surface area (Å²) in [5.41, 5.74) is 7.21. The van der Waals surface area contributed by atoms with Gasteiger partial charge in [-0.15, -0.1) is 0 Å². The van der Waals surface area contributed by atoms with E-state index in [-0.39, 0.29) is 52.8 Å². The molecule has 2 aliphatic heterocycles. The number of benzene rings is 1. The molecule has 11 nitrogen and oxygen atoms in total. The number of phenols is 1. The largest absolute Gasteiger partial charge is 0.508 e. The van der Waals surface area contributed by atoms with Crippen LogP contribution in [0.2, 0.25) is 0 Å². The number of amides is 1. The molecule has 2 unspecified atom stereocenters. The van der Waals surface area contributed by atoms with E-state index in [1.807, 2.05) is 0 Å². The first-order valence-corrected chi connectivity index (χ1v) is 11.8. The molecule has 6 atom stereocenters. The topological polar surface area (TPSA) is 208 Å². The van der Waals surface area contributed by atoms with Crippen LogP contribution in [0.4, 0.5) is 10.1 Å². The minimum atomic E-state index is -2.80. The molecule has 2 fully saturated rings. The number of aliphatic hydroxyl groups excluding tert-OH is 2. The first-order valence-electron chi connectivity index (χ1n) is 11.8. The first kappa shape index (κ1) is 23.0. The molecule has 0 spiro atoms. The average Bonchev–Trinajstić information content (AvgIpc) is 3.31. The molecule has 6 rings (SSSR count). The van der Waals surface area contributed by atoms with Gasteiger partial charge in [-0.1, -0.05) is 0 Å². The van der Waals surface area contributed by atoms with Crippen LogP contribution in [0.1, 0.15) is 35.6 Å². The highest BCUT2D eigenvalue weighted by atomic mass is 19.1. The van der Waals surface area contributed by atoms with Gasteiger partial charge >= 0.3 is 0 Å². The predicted molar refractivity (Wildman–Crippen MR) is 122 cm³/mol. The zero-order valence-corrected chi connectivity index (χ0v) is 19.0. The lowest BCUT2D eigenvalue weighted by Crippen LogP contribution is -2.65. The molecule has 1 aromatic rings. The molecular formula is C24H25FN4O7. The summed E-state index contributed by atoms with van der Waals surface area (Å²) < 4.78 is 16.0. The van der Waals surface area contributed by atoms with Crippen LogP contribution in [-0.2, 0) is 20.8 Å². The monoisotopic (exact) mass is 500 g/mol. The second-order valence-corrected chi connectivity index (χ2v) is 10.2. The van der Waals surface area contributed by atoms with Gasteiger partial charge in [-0.25, -0.2) is 4.39 Å². The maximum atomic E-state index is 16.0. The van der Waals surface area contributed by atoms with Crippen molar-refractivity contribution in [2.24, 2.45) is 29.2 Å². The number of hydrogen-bond acceptors (Lipinski definition) is 10. The van der Waals surface area contributed by atoms with E-state index in [2.05, 4.69) is 10.6 Å². The van der Waals surface area contributed by atoms with E-state index in [1.54, 1.807) is 0 Å². The summed E-state index contributed by atoms with van der Waals surface area (Å²) in [5, 5.41) is 50.6. The van der Waals surface area contributed by atoms with Crippen molar-refractivity contribution in [2.45, 2.75) is 36.9 Å². The molecule has 10 N–H and O–H groups in total. The summed E-state index contributed by atoms with van der Waals surface area (Å²) in [7, 11) is 0. The van der Waals surface area contributed by atoms with Crippen molar-refractivity contribution in [3.8, 4) is 5.75 Å². The van der Waals surface area contributed by atoms with Crippen molar-refractivity contribution in [1.29, 1.82) is 0 Å². The Morgan fingerprint density at radius 1 is 1.19 bits per heavy atom. The molecule has 2 heterocycles. The lowest BCUT2D eigenvalue weighted by molar-refractivity contribution is -0.149. The minimum absolute atomic E-state index is 0.0141. The molecule has 3 aliphatic carbocycles. The maximum Gasteiger partial charge on any atom is 0.255 e. The molecule has 1 saturated carbocycles. The fourth-order valence-electron chi connectivity index (χ4n) is 6.85. The van der Waals surface area contributed by atoms with E-state index in [0.29, 0.717) is 13.1 Å². The van der Waals surface area contributed by atoms with Crippen LogP contribution < -0.4 is 22.1 Å². The number of carbonyl (C=O) groups is 3. The lowest BCUT2D eigenvalue weighted by Gasteiger charge is -2.48. The number of primary amides is 1. The van der Waals surface area contributed by atoms with E-state index < -0.39 is 69.6 Å². The number of anilines is 1. The SMILES string of the molecule is NC(=O)C1=C(O)[C@@]2(O)C(=O)C3=C(O)c4c(O)c5c(c(F)c4C[C@H]3C[C@H]2[C@H](N)C1=O)C1NCCC1CN5. The Balaban J connectivity index is 1.56. The van der Waals surface area contributed by atoms with Crippen LogP contribution >= 0.6 is 0 Å². The third-order valence-electron chi connectivity index (χ3n) is 8.59. The van der Waals surface area contributed by atoms with Crippen LogP contribution in [0.25, 0.3) is 5.76 Å². The van der Waals surface area contributed by atoms with Gasteiger partial charge in [-0.05, 0) is 37.6 Å². The Kier molecular flexibility index (Phi) is 4.64. The second kappa shape index (κ2) is 7.28. The van der Waals surface area contributed by atoms with Gasteiger partial charge in [0.25, 0.3) is 5.91 Å². The van der Waals surface area contributed by atoms with Gasteiger partial charge < -0.3 is 42.5 Å². The van der Waals surface area contributed by atoms with Gasteiger partial charge in [0, 0.05) is 35.2 Å². The number of fused-ring (bicyclic) bond motifs is 6. The highest BCUT2D eigenvalue weighted by Gasteiger charge is 2.63. The molecule has 1 amide bonds. The number of rotatable bonds is 1. The Bertz CT molecular complexity index is 1350. The smallest absolute Gasteiger partial charge is 0.255 e. The summed E-state index contributed by atoms with van der Waals surface area (Å²) in [6.07, 6.45) is 0.534. The van der Waals surface area contributed by atoms with E-state index in [9.17, 15) is 34.8 Å². The summed E-state index contributed by atoms with van der Waals surface area (Å²) in [5.74, 6) is -8.65. The van der Waals surface area contributed by atoms with Crippen molar-refractivity contribution in [2.75, 3.05) is 18.4 Å². The molecule has 0 radical (unpaired) electrons. The quantitative estimate of drug-likeness (QED) is 0.184. The number of phenolic OH excluding ortho intramolecular Hbond substituents is 1. The summed E-state index contributed by atoms with van der Waals surface area (Å²) in [4.78, 5) is 38.1. The van der Waals surface area contributed by atoms with Crippen molar-refractivity contribution in [1.82, 2.24) is 5.32 Å². The highest BCUT2D eigenvalue weighted by Crippen LogP contribution is 2.55. The van der Waals surface area contributed by atoms with Crippen molar-refractivity contribution < 1.29 is 39.2 Å². The minimum Gasteiger partial charge on any atom is -0.508 e. The molecule has 12 heteroatoms. The molecule has 1 aromatic carbocycles. The van der Waals surface area contributed by atoms with Gasteiger partial charge in [0.05, 0.1) is 17.3 Å². The molecule has 36 heavy (non-hydrogen) atoms. The first-order chi connectivity index (χ1) is 17.0. The van der Waals surface area contributed by atoms with Crippen LogP contribution in [0, 0.1) is 23.6 Å². The van der Waals surface area contributed by atoms with E-state index in [1.165, 1.54) is 0 Å². The number of nitrogens with one attached hydrogen (secondary N) is 2. The maximum absolute atomic E-state index is 16.0. The van der Waals surface area contributed by atoms with Crippen molar-refractivity contribution >= 4 is 28.9 Å². The fraction of sp³-hybridized carbons (Fsp3) is 0.458. The lowest BCUT2D eigenvalue weighted by atomic mass is 9.57. The summed E-state index contributed by atoms with van der Waals surface area (Å²) >= 11 is 0. The third-order valence-corrected chi connectivity index (χ3v) is 8.59. The molecule has 5 aliphatic rings. The van der Waals surface area contributed by atoms with Gasteiger partial charge in [0.1, 0.15) is 28.7 Å². The number of hydrogen-bond donors (Lipinski definition) is 8. The molecule has 0 bridgehead atoms. The van der Waals surface area contributed by atoms with Crippen LogP contribution in [0.3, 0.4) is 0 Å². The Labute approximate surface area is 203 Å². The van der Waals surface area contributed by atoms with Crippen LogP contribution in [-0.4, -0.2) is 62.6 Å². The van der Waals surface area contributed by atoms with Gasteiger partial charge in [-0.3, -0.25) is 14.4 Å². The molecular weight excluding hydrogens is 475 g/mol. The average molecular weight is 500 g/mol. The Morgan fingerprint density at radius 3 is 2.61 bits per heavy atom. The zero-order valence-electron chi connectivity index (χ0n) is 19.0. The van der Waals surface area contributed by atoms with Gasteiger partial charge in [0.2, 0.25) is 5.78 Å². The summed E-state index contributed by atoms with van der Waals surface area (Å²) in [6, 6.07) is -1.86. The number of aliphatic hydroxyl groups is 3. The Hall–Kier alpha value is -3.48. The van der Waals surface area contributed by atoms with Crippen LogP contribution in [0.15, 0.2) is 16.9 Å². The Morgan fingerprint density at radius 2 is 1.92 bits per heavy atom. The molecule has 190 valence electrons. The standard InChI is InChI=1S/C24H25FN4O7/c25-14-8-3-7-4-9-15(26)19(31)13(23(27)35)22(34)24(9,36)21(33)10(7)18(30)11(8)20(32)17-12(14)16-6(5-29-17)1-2-28-16/h6-7,9,15-16,28-30,32,34,36H,1-5,26H2,(H2,27,35)/t6?,7-,9-,15-,16?,24-/m0/s1. The third kappa shape index (κ3) is 2.58. The summed E-state index contributed by atoms with van der Waals surface area (Å²) in [6.45, 7) is 1.17. The van der Waals surface area contributed by atoms with E-state index in [0.717, 1.165) is 6.42 Å². The van der Waals surface area contributed by atoms with Crippen molar-refractivity contribution in [3.63, 3.8) is 0 Å². The van der Waals surface area contributed by atoms with E-state index in [4.69, 9.17) is 11.5 Å². The number of Topliss-reactive ketones (excluding diaryl/α,β-unsaturated/α-hetero) is 2. The normalized spacial score (nSPS) is 34.9. The molecule has 1 saturated heterocycles. The molecule has 0 aromatic heterocycles. The van der Waals surface area contributed by atoms with Crippen molar-refractivity contribution in [3.05, 3.63) is 39.4 Å². The predicted octanol–water partition coefficient (Wildman–Crippen LogP) is -0.424. The van der Waals surface area contributed by atoms with Crippen LogP contribution in [0.5, 0.6) is 5.75 Å². The second-order valence-electron chi connectivity index (χ2n) is 10.2. The van der Waals surface area contributed by atoms with E-state index >= 15 is 4.39 Å². The van der Waals surface area contributed by atoms with Gasteiger partial charge in [0.15, 0.2) is 11.4 Å².